The van der Waals surface area contributed by atoms with Gasteiger partial charge in [0, 0.05) is 11.2 Å². The highest BCUT2D eigenvalue weighted by molar-refractivity contribution is 8.29. The highest BCUT2D eigenvalue weighted by Gasteiger charge is 1.95. The van der Waals surface area contributed by atoms with Gasteiger partial charge >= 0.3 is 0 Å². The lowest BCUT2D eigenvalue weighted by molar-refractivity contribution is 0.559. The average Bonchev–Trinajstić information content (AvgIpc) is 1.59. The van der Waals surface area contributed by atoms with Crippen LogP contribution in [0.2, 0.25) is 0 Å². The zero-order valence-corrected chi connectivity index (χ0v) is 7.23. The molecule has 0 fully saturated rings. The van der Waals surface area contributed by atoms with Gasteiger partial charge in [-0.2, -0.15) is 0 Å². The van der Waals surface area contributed by atoms with Crippen LogP contribution in [0.5, 0.6) is 0 Å². The van der Waals surface area contributed by atoms with E-state index in [1.54, 1.807) is 0 Å². The zero-order valence-electron chi connectivity index (χ0n) is 4.78. The fourth-order valence-electron chi connectivity index (χ4n) is 0.266. The van der Waals surface area contributed by atoms with E-state index >= 15 is 0 Å². The Bertz CT molecular complexity index is 144. The van der Waals surface area contributed by atoms with Crippen LogP contribution in [0.15, 0.2) is 0 Å². The van der Waals surface area contributed by atoms with Crippen LogP contribution in [0.4, 0.5) is 0 Å². The number of halogens is 1. The smallest absolute Gasteiger partial charge is 0.141 e. The second kappa shape index (κ2) is 5.37. The molecule has 0 heterocycles. The van der Waals surface area contributed by atoms with Crippen molar-refractivity contribution in [2.75, 3.05) is 12.3 Å². The Morgan fingerprint density at radius 1 is 1.67 bits per heavy atom. The molecule has 6 heteroatoms. The van der Waals surface area contributed by atoms with Crippen molar-refractivity contribution in [1.29, 1.82) is 0 Å². The minimum atomic E-state index is -2.93. The summed E-state index contributed by atoms with van der Waals surface area (Å²) in [6, 6.07) is 0. The molecular formula is C3H10ClNO2S2. The maximum Gasteiger partial charge on any atom is 0.141 e. The number of hydrogen-bond acceptors (Lipinski definition) is 3. The average molecular weight is 192 g/mol. The lowest BCUT2D eigenvalue weighted by Gasteiger charge is -1.93. The summed E-state index contributed by atoms with van der Waals surface area (Å²) >= 11 is 4.18. The monoisotopic (exact) mass is 191 g/mol. The van der Waals surface area contributed by atoms with Crippen LogP contribution in [0, 0.1) is 0 Å². The summed E-state index contributed by atoms with van der Waals surface area (Å²) in [6.45, 7) is 0.425. The largest absolute Gasteiger partial charge is 0.330 e. The molecule has 3 N–H and O–H groups in total. The van der Waals surface area contributed by atoms with E-state index in [-0.39, 0.29) is 18.2 Å². The van der Waals surface area contributed by atoms with Crippen molar-refractivity contribution < 1.29 is 8.76 Å². The number of hydrogen-bond donors (Lipinski definition) is 2. The first-order valence-electron chi connectivity index (χ1n) is 2.21. The fraction of sp³-hybridized carbons (Fsp3) is 1.00. The van der Waals surface area contributed by atoms with Crippen LogP contribution < -0.4 is 5.73 Å². The van der Waals surface area contributed by atoms with Gasteiger partial charge in [-0.1, -0.05) is 0 Å². The number of rotatable bonds is 3. The molecule has 0 aliphatic carbocycles. The minimum absolute atomic E-state index is 0. The van der Waals surface area contributed by atoms with E-state index in [1.807, 2.05) is 0 Å². The zero-order chi connectivity index (χ0) is 6.62. The van der Waals surface area contributed by atoms with E-state index in [1.165, 1.54) is 0 Å². The first-order chi connectivity index (χ1) is 3.56. The van der Waals surface area contributed by atoms with Gasteiger partial charge in [0.15, 0.2) is 0 Å². The van der Waals surface area contributed by atoms with E-state index in [0.717, 1.165) is 0 Å². The van der Waals surface area contributed by atoms with Crippen molar-refractivity contribution >= 4 is 32.4 Å². The van der Waals surface area contributed by atoms with E-state index in [2.05, 4.69) is 11.2 Å². The van der Waals surface area contributed by atoms with Gasteiger partial charge in [0.25, 0.3) is 0 Å². The van der Waals surface area contributed by atoms with Crippen LogP contribution in [-0.2, 0) is 20.0 Å². The van der Waals surface area contributed by atoms with E-state index < -0.39 is 8.77 Å². The second-order valence-electron chi connectivity index (χ2n) is 1.43. The molecule has 0 radical (unpaired) electrons. The Morgan fingerprint density at radius 3 is 2.22 bits per heavy atom. The summed E-state index contributed by atoms with van der Waals surface area (Å²) in [5.74, 6) is 0.138. The highest BCUT2D eigenvalue weighted by Crippen LogP contribution is 1.85. The first kappa shape index (κ1) is 12.3. The number of nitrogens with two attached hydrogens (primary N) is 1. The summed E-state index contributed by atoms with van der Waals surface area (Å²) in [5.41, 5.74) is 5.05. The van der Waals surface area contributed by atoms with Gasteiger partial charge in [-0.25, -0.2) is 4.21 Å². The van der Waals surface area contributed by atoms with Crippen molar-refractivity contribution in [3.05, 3.63) is 0 Å². The van der Waals surface area contributed by atoms with Crippen LogP contribution in [0.3, 0.4) is 0 Å². The molecule has 3 nitrogen and oxygen atoms in total. The standard InChI is InChI=1S/C3H9NO2S2.ClH/c4-2-1-3-8(5,6)7;/h1-4H2,(H,5,6,7);1H. The molecule has 58 valence electrons. The van der Waals surface area contributed by atoms with Crippen LogP contribution >= 0.6 is 12.4 Å². The molecule has 0 aliphatic rings. The molecule has 0 aromatic rings. The van der Waals surface area contributed by atoms with Gasteiger partial charge in [0.1, 0.15) is 8.77 Å². The maximum atomic E-state index is 10.3. The van der Waals surface area contributed by atoms with Crippen molar-refractivity contribution in [1.82, 2.24) is 0 Å². The molecule has 9 heavy (non-hydrogen) atoms. The van der Waals surface area contributed by atoms with E-state index in [4.69, 9.17) is 10.3 Å². The fourth-order valence-corrected chi connectivity index (χ4v) is 1.15. The summed E-state index contributed by atoms with van der Waals surface area (Å²) in [7, 11) is -2.93. The third-order valence-electron chi connectivity index (χ3n) is 0.606. The predicted octanol–water partition coefficient (Wildman–Crippen LogP) is -0.0237. The Labute approximate surface area is 65.9 Å². The van der Waals surface area contributed by atoms with Crippen molar-refractivity contribution in [2.45, 2.75) is 6.42 Å². The summed E-state index contributed by atoms with van der Waals surface area (Å²) in [6.07, 6.45) is 0.527. The van der Waals surface area contributed by atoms with Gasteiger partial charge in [-0.05, 0) is 13.0 Å². The molecule has 0 bridgehead atoms. The molecule has 0 rings (SSSR count). The van der Waals surface area contributed by atoms with Crippen molar-refractivity contribution in [3.8, 4) is 0 Å². The normalized spacial score (nSPS) is 15.8. The van der Waals surface area contributed by atoms with Gasteiger partial charge in [0.2, 0.25) is 0 Å². The Kier molecular flexibility index (Phi) is 7.33. The van der Waals surface area contributed by atoms with Gasteiger partial charge < -0.3 is 10.3 Å². The molecule has 1 unspecified atom stereocenters. The second-order valence-corrected chi connectivity index (χ2v) is 4.56. The molecule has 0 amide bonds. The molecular weight excluding hydrogens is 182 g/mol. The van der Waals surface area contributed by atoms with Gasteiger partial charge in [-0.15, -0.1) is 12.4 Å². The Morgan fingerprint density at radius 2 is 2.11 bits per heavy atom. The predicted molar refractivity (Wildman–Crippen MR) is 43.9 cm³/mol. The summed E-state index contributed by atoms with van der Waals surface area (Å²) in [5, 5.41) is 0. The third kappa shape index (κ3) is 11.9. The first-order valence-corrected chi connectivity index (χ1v) is 4.82. The van der Waals surface area contributed by atoms with Crippen LogP contribution in [0.25, 0.3) is 0 Å². The molecule has 0 aliphatic heterocycles. The molecule has 0 spiro atoms. The summed E-state index contributed by atoms with van der Waals surface area (Å²) < 4.78 is 18.7. The van der Waals surface area contributed by atoms with E-state index in [0.29, 0.717) is 13.0 Å². The topological polar surface area (TPSA) is 63.3 Å². The van der Waals surface area contributed by atoms with Gasteiger partial charge in [-0.3, -0.25) is 0 Å². The molecule has 1 atom stereocenters. The SMILES string of the molecule is Cl.NCCCS(=O)(O)=S. The summed E-state index contributed by atoms with van der Waals surface area (Å²) in [4.78, 5) is 0. The molecule has 0 aromatic heterocycles. The Balaban J connectivity index is 0. The Hall–Kier alpha value is 0.580. The molecule has 0 aromatic carbocycles. The maximum absolute atomic E-state index is 10.3. The van der Waals surface area contributed by atoms with Crippen molar-refractivity contribution in [3.63, 3.8) is 0 Å². The molecule has 0 saturated carbocycles. The van der Waals surface area contributed by atoms with Crippen LogP contribution in [0.1, 0.15) is 6.42 Å². The van der Waals surface area contributed by atoms with Crippen LogP contribution in [-0.4, -0.2) is 21.1 Å². The lowest BCUT2D eigenvalue weighted by Crippen LogP contribution is -2.08. The van der Waals surface area contributed by atoms with Crippen molar-refractivity contribution in [2.24, 2.45) is 5.73 Å². The third-order valence-corrected chi connectivity index (χ3v) is 1.91. The molecule has 0 saturated heterocycles. The minimum Gasteiger partial charge on any atom is -0.330 e. The van der Waals surface area contributed by atoms with Gasteiger partial charge in [0.05, 0.1) is 5.75 Å². The van der Waals surface area contributed by atoms with E-state index in [9.17, 15) is 4.21 Å². The highest BCUT2D eigenvalue weighted by atomic mass is 35.5. The quantitative estimate of drug-likeness (QED) is 0.658. The lowest BCUT2D eigenvalue weighted by atomic mass is 10.5.